The molecule has 1 atom stereocenters. The Balaban J connectivity index is 1.96. The Hall–Kier alpha value is -2.30. The Morgan fingerprint density at radius 2 is 2.00 bits per heavy atom. The van der Waals surface area contributed by atoms with Gasteiger partial charge in [0.25, 0.3) is 0 Å². The van der Waals surface area contributed by atoms with Crippen LogP contribution in [-0.2, 0) is 16.0 Å². The highest BCUT2D eigenvalue weighted by Crippen LogP contribution is 2.18. The van der Waals surface area contributed by atoms with Gasteiger partial charge in [0, 0.05) is 23.5 Å². The van der Waals surface area contributed by atoms with Crippen LogP contribution in [0, 0.1) is 5.92 Å². The van der Waals surface area contributed by atoms with Crippen LogP contribution in [-0.4, -0.2) is 28.0 Å². The third kappa shape index (κ3) is 3.62. The van der Waals surface area contributed by atoms with E-state index in [4.69, 9.17) is 5.11 Å². The van der Waals surface area contributed by atoms with Crippen LogP contribution in [0.2, 0.25) is 0 Å². The fraction of sp³-hybridized carbons (Fsp3) is 0.375. The largest absolute Gasteiger partial charge is 0.480 e. The number of carboxylic acid groups (broad SMARTS) is 1. The van der Waals surface area contributed by atoms with Crippen LogP contribution in [0.4, 0.5) is 0 Å². The van der Waals surface area contributed by atoms with Crippen LogP contribution in [0.5, 0.6) is 0 Å². The first-order chi connectivity index (χ1) is 9.99. The highest BCUT2D eigenvalue weighted by molar-refractivity contribution is 5.86. The second-order valence-corrected chi connectivity index (χ2v) is 5.49. The summed E-state index contributed by atoms with van der Waals surface area (Å²) in [6.45, 7) is 3.55. The predicted octanol–water partition coefficient (Wildman–Crippen LogP) is 2.33. The number of para-hydroxylation sites is 1. The highest BCUT2D eigenvalue weighted by Gasteiger charge is 2.23. The molecule has 0 spiro atoms. The minimum Gasteiger partial charge on any atom is -0.480 e. The zero-order valence-electron chi connectivity index (χ0n) is 12.2. The molecule has 0 aliphatic heterocycles. The van der Waals surface area contributed by atoms with E-state index in [-0.39, 0.29) is 18.2 Å². The van der Waals surface area contributed by atoms with Gasteiger partial charge in [0.2, 0.25) is 5.91 Å². The number of aromatic amines is 1. The molecule has 2 aromatic rings. The SMILES string of the molecule is CC(C)[C@@H](NC(=O)CCc1c[nH]c2ccccc12)C(=O)O. The average molecular weight is 288 g/mol. The van der Waals surface area contributed by atoms with Crippen molar-refractivity contribution in [2.75, 3.05) is 0 Å². The Bertz CT molecular complexity index is 646. The van der Waals surface area contributed by atoms with E-state index >= 15 is 0 Å². The number of hydrogen-bond donors (Lipinski definition) is 3. The van der Waals surface area contributed by atoms with Crippen molar-refractivity contribution in [1.82, 2.24) is 10.3 Å². The Morgan fingerprint density at radius 3 is 2.67 bits per heavy atom. The van der Waals surface area contributed by atoms with E-state index in [1.807, 2.05) is 30.5 Å². The first kappa shape index (κ1) is 15.1. The van der Waals surface area contributed by atoms with Gasteiger partial charge >= 0.3 is 5.97 Å². The van der Waals surface area contributed by atoms with Gasteiger partial charge in [0.1, 0.15) is 6.04 Å². The lowest BCUT2D eigenvalue weighted by molar-refractivity contribution is -0.143. The smallest absolute Gasteiger partial charge is 0.326 e. The molecule has 3 N–H and O–H groups in total. The topological polar surface area (TPSA) is 82.2 Å². The van der Waals surface area contributed by atoms with Gasteiger partial charge < -0.3 is 15.4 Å². The van der Waals surface area contributed by atoms with E-state index in [1.54, 1.807) is 13.8 Å². The molecule has 2 rings (SSSR count). The maximum Gasteiger partial charge on any atom is 0.326 e. The number of H-pyrrole nitrogens is 1. The molecule has 0 radical (unpaired) electrons. The van der Waals surface area contributed by atoms with Crippen molar-refractivity contribution in [2.24, 2.45) is 5.92 Å². The Labute approximate surface area is 123 Å². The quantitative estimate of drug-likeness (QED) is 0.763. The normalized spacial score (nSPS) is 12.5. The van der Waals surface area contributed by atoms with Gasteiger partial charge in [0.15, 0.2) is 0 Å². The Morgan fingerprint density at radius 1 is 1.29 bits per heavy atom. The fourth-order valence-electron chi connectivity index (χ4n) is 2.35. The van der Waals surface area contributed by atoms with Gasteiger partial charge in [-0.2, -0.15) is 0 Å². The van der Waals surface area contributed by atoms with E-state index in [0.717, 1.165) is 16.5 Å². The van der Waals surface area contributed by atoms with Gasteiger partial charge in [-0.25, -0.2) is 4.79 Å². The zero-order valence-corrected chi connectivity index (χ0v) is 12.2. The number of nitrogens with one attached hydrogen (secondary N) is 2. The first-order valence-electron chi connectivity index (χ1n) is 7.06. The summed E-state index contributed by atoms with van der Waals surface area (Å²) < 4.78 is 0. The predicted molar refractivity (Wildman–Crippen MR) is 81.0 cm³/mol. The highest BCUT2D eigenvalue weighted by atomic mass is 16.4. The van der Waals surface area contributed by atoms with E-state index < -0.39 is 12.0 Å². The number of benzene rings is 1. The van der Waals surface area contributed by atoms with E-state index in [1.165, 1.54) is 0 Å². The minimum absolute atomic E-state index is 0.139. The van der Waals surface area contributed by atoms with Gasteiger partial charge in [-0.15, -0.1) is 0 Å². The lowest BCUT2D eigenvalue weighted by Gasteiger charge is -2.17. The van der Waals surface area contributed by atoms with Crippen molar-refractivity contribution >= 4 is 22.8 Å². The summed E-state index contributed by atoms with van der Waals surface area (Å²) in [5.41, 5.74) is 2.11. The molecule has 1 aromatic heterocycles. The maximum atomic E-state index is 11.9. The second kappa shape index (κ2) is 6.43. The molecule has 0 aliphatic rings. The van der Waals surface area contributed by atoms with Gasteiger partial charge in [-0.3, -0.25) is 4.79 Å². The number of carbonyl (C=O) groups excluding carboxylic acids is 1. The summed E-state index contributed by atoms with van der Waals surface area (Å²) in [5.74, 6) is -1.37. The number of aryl methyl sites for hydroxylation is 1. The monoisotopic (exact) mass is 288 g/mol. The number of carbonyl (C=O) groups is 2. The molecular formula is C16H20N2O3. The van der Waals surface area contributed by atoms with Crippen molar-refractivity contribution in [2.45, 2.75) is 32.7 Å². The standard InChI is InChI=1S/C16H20N2O3/c1-10(2)15(16(20)21)18-14(19)8-7-11-9-17-13-6-4-3-5-12(11)13/h3-6,9-10,15,17H,7-8H2,1-2H3,(H,18,19)(H,20,21)/t15-/m1/s1. The van der Waals surface area contributed by atoms with Crippen molar-refractivity contribution < 1.29 is 14.7 Å². The van der Waals surface area contributed by atoms with Crippen molar-refractivity contribution in [3.05, 3.63) is 36.0 Å². The van der Waals surface area contributed by atoms with E-state index in [9.17, 15) is 9.59 Å². The van der Waals surface area contributed by atoms with Crippen LogP contribution in [0.1, 0.15) is 25.8 Å². The van der Waals surface area contributed by atoms with Crippen LogP contribution in [0.25, 0.3) is 10.9 Å². The number of amides is 1. The number of aromatic nitrogens is 1. The summed E-state index contributed by atoms with van der Waals surface area (Å²) in [5, 5.41) is 12.7. The first-order valence-corrected chi connectivity index (χ1v) is 7.06. The molecule has 0 unspecified atom stereocenters. The molecule has 5 nitrogen and oxygen atoms in total. The van der Waals surface area contributed by atoms with Gasteiger partial charge in [-0.05, 0) is 24.0 Å². The molecule has 0 saturated carbocycles. The van der Waals surface area contributed by atoms with Crippen molar-refractivity contribution in [1.29, 1.82) is 0 Å². The molecule has 0 aliphatic carbocycles. The molecule has 21 heavy (non-hydrogen) atoms. The summed E-state index contributed by atoms with van der Waals surface area (Å²) in [6, 6.07) is 7.07. The van der Waals surface area contributed by atoms with Crippen LogP contribution in [0.15, 0.2) is 30.5 Å². The van der Waals surface area contributed by atoms with Crippen LogP contribution in [0.3, 0.4) is 0 Å². The number of fused-ring (bicyclic) bond motifs is 1. The summed E-state index contributed by atoms with van der Waals surface area (Å²) in [7, 11) is 0. The van der Waals surface area contributed by atoms with E-state index in [0.29, 0.717) is 6.42 Å². The number of carboxylic acids is 1. The molecular weight excluding hydrogens is 268 g/mol. The second-order valence-electron chi connectivity index (χ2n) is 5.49. The molecule has 1 aromatic carbocycles. The molecule has 0 saturated heterocycles. The maximum absolute atomic E-state index is 11.9. The zero-order chi connectivity index (χ0) is 15.4. The lowest BCUT2D eigenvalue weighted by atomic mass is 10.0. The summed E-state index contributed by atoms with van der Waals surface area (Å²) in [6.07, 6.45) is 2.76. The molecule has 1 heterocycles. The number of aliphatic carboxylic acids is 1. The Kier molecular flexibility index (Phi) is 4.62. The molecule has 0 fully saturated rings. The molecule has 1 amide bonds. The minimum atomic E-state index is -0.995. The molecule has 0 bridgehead atoms. The van der Waals surface area contributed by atoms with Gasteiger partial charge in [0.05, 0.1) is 0 Å². The van der Waals surface area contributed by atoms with Crippen molar-refractivity contribution in [3.63, 3.8) is 0 Å². The fourth-order valence-corrected chi connectivity index (χ4v) is 2.35. The van der Waals surface area contributed by atoms with E-state index in [2.05, 4.69) is 10.3 Å². The average Bonchev–Trinajstić information content (AvgIpc) is 2.85. The van der Waals surface area contributed by atoms with Crippen LogP contribution < -0.4 is 5.32 Å². The number of rotatable bonds is 6. The third-order valence-corrected chi connectivity index (χ3v) is 3.55. The summed E-state index contributed by atoms with van der Waals surface area (Å²) in [4.78, 5) is 26.1. The van der Waals surface area contributed by atoms with Crippen LogP contribution >= 0.6 is 0 Å². The number of hydrogen-bond acceptors (Lipinski definition) is 2. The molecule has 5 heteroatoms. The lowest BCUT2D eigenvalue weighted by Crippen LogP contribution is -2.44. The van der Waals surface area contributed by atoms with Gasteiger partial charge in [-0.1, -0.05) is 32.0 Å². The third-order valence-electron chi connectivity index (χ3n) is 3.55. The molecule has 112 valence electrons. The summed E-state index contributed by atoms with van der Waals surface area (Å²) >= 11 is 0. The van der Waals surface area contributed by atoms with Crippen molar-refractivity contribution in [3.8, 4) is 0 Å².